The maximum absolute atomic E-state index is 7.39. The van der Waals surface area contributed by atoms with E-state index in [-0.39, 0.29) is 5.90 Å². The molecule has 1 aromatic rings. The number of aromatic nitrogens is 1. The van der Waals surface area contributed by atoms with Crippen molar-refractivity contribution in [3.63, 3.8) is 0 Å². The van der Waals surface area contributed by atoms with Gasteiger partial charge in [-0.05, 0) is 19.1 Å². The third kappa shape index (κ3) is 2.20. The lowest BCUT2D eigenvalue weighted by molar-refractivity contribution is 0.325. The van der Waals surface area contributed by atoms with Crippen molar-refractivity contribution in [2.75, 3.05) is 6.61 Å². The maximum Gasteiger partial charge on any atom is 0.214 e. The van der Waals surface area contributed by atoms with E-state index in [1.54, 1.807) is 12.1 Å². The van der Waals surface area contributed by atoms with E-state index in [1.807, 2.05) is 6.92 Å². The van der Waals surface area contributed by atoms with Gasteiger partial charge in [0.2, 0.25) is 5.90 Å². The Morgan fingerprint density at radius 2 is 2.42 bits per heavy atom. The number of nitrogens with one attached hydrogen (secondary N) is 1. The molecule has 3 nitrogen and oxygen atoms in total. The van der Waals surface area contributed by atoms with Crippen molar-refractivity contribution in [1.82, 2.24) is 4.98 Å². The minimum atomic E-state index is 0.127. The molecule has 0 unspecified atom stereocenters. The molecule has 0 fully saturated rings. The fourth-order valence-electron chi connectivity index (χ4n) is 0.738. The summed E-state index contributed by atoms with van der Waals surface area (Å²) < 4.78 is 4.97. The molecule has 0 aromatic carbocycles. The molecule has 1 N–H and O–H groups in total. The second-order valence-corrected chi connectivity index (χ2v) is 2.52. The molecule has 0 aliphatic rings. The fraction of sp³-hybridized carbons (Fsp3) is 0.250. The van der Waals surface area contributed by atoms with Crippen molar-refractivity contribution < 1.29 is 4.74 Å². The van der Waals surface area contributed by atoms with Gasteiger partial charge in [-0.2, -0.15) is 0 Å². The Bertz CT molecular complexity index is 271. The highest BCUT2D eigenvalue weighted by Crippen LogP contribution is 2.05. The molecule has 0 aliphatic heterocycles. The zero-order valence-corrected chi connectivity index (χ0v) is 7.43. The van der Waals surface area contributed by atoms with Crippen molar-refractivity contribution >= 4 is 17.5 Å². The molecule has 0 radical (unpaired) electrons. The molecule has 0 atom stereocenters. The summed E-state index contributed by atoms with van der Waals surface area (Å²) in [5.74, 6) is 0.127. The molecule has 0 amide bonds. The number of hydrogen-bond donors (Lipinski definition) is 1. The predicted octanol–water partition coefficient (Wildman–Crippen LogP) is 2.10. The van der Waals surface area contributed by atoms with E-state index >= 15 is 0 Å². The molecule has 1 heterocycles. The van der Waals surface area contributed by atoms with Crippen LogP contribution in [0.3, 0.4) is 0 Å². The lowest BCUT2D eigenvalue weighted by atomic mass is 10.3. The summed E-state index contributed by atoms with van der Waals surface area (Å²) in [5, 5.41) is 7.81. The van der Waals surface area contributed by atoms with Crippen molar-refractivity contribution in [3.8, 4) is 0 Å². The summed E-state index contributed by atoms with van der Waals surface area (Å²) in [7, 11) is 0. The lowest BCUT2D eigenvalue weighted by Crippen LogP contribution is -2.04. The van der Waals surface area contributed by atoms with Crippen LogP contribution in [0.2, 0.25) is 5.15 Å². The summed E-state index contributed by atoms with van der Waals surface area (Å²) in [6, 6.07) is 3.33. The van der Waals surface area contributed by atoms with Gasteiger partial charge in [-0.25, -0.2) is 4.98 Å². The summed E-state index contributed by atoms with van der Waals surface area (Å²) in [4.78, 5) is 3.83. The predicted molar refractivity (Wildman–Crippen MR) is 47.7 cm³/mol. The van der Waals surface area contributed by atoms with Crippen LogP contribution in [-0.2, 0) is 4.74 Å². The van der Waals surface area contributed by atoms with Crippen molar-refractivity contribution in [2.45, 2.75) is 6.92 Å². The number of hydrogen-bond acceptors (Lipinski definition) is 3. The molecule has 12 heavy (non-hydrogen) atoms. The van der Waals surface area contributed by atoms with Crippen LogP contribution in [0.15, 0.2) is 18.3 Å². The first-order chi connectivity index (χ1) is 5.74. The Balaban J connectivity index is 2.75. The Morgan fingerprint density at radius 1 is 1.67 bits per heavy atom. The largest absolute Gasteiger partial charge is 0.478 e. The van der Waals surface area contributed by atoms with Crippen LogP contribution in [0.5, 0.6) is 0 Å². The van der Waals surface area contributed by atoms with E-state index in [0.29, 0.717) is 17.3 Å². The fourth-order valence-corrected chi connectivity index (χ4v) is 0.850. The molecule has 4 heteroatoms. The number of rotatable bonds is 2. The van der Waals surface area contributed by atoms with Crippen LogP contribution in [0, 0.1) is 5.41 Å². The average Bonchev–Trinajstić information content (AvgIpc) is 2.06. The van der Waals surface area contributed by atoms with E-state index < -0.39 is 0 Å². The summed E-state index contributed by atoms with van der Waals surface area (Å²) in [6.07, 6.45) is 1.51. The normalized spacial score (nSPS) is 9.50. The van der Waals surface area contributed by atoms with Gasteiger partial charge in [-0.15, -0.1) is 0 Å². The molecule has 0 saturated carbocycles. The minimum Gasteiger partial charge on any atom is -0.478 e. The Kier molecular flexibility index (Phi) is 3.05. The summed E-state index contributed by atoms with van der Waals surface area (Å²) in [6.45, 7) is 2.32. The maximum atomic E-state index is 7.39. The summed E-state index contributed by atoms with van der Waals surface area (Å²) in [5.41, 5.74) is 0.640. The molecule has 1 rings (SSSR count). The number of ether oxygens (including phenoxy) is 1. The summed E-state index contributed by atoms with van der Waals surface area (Å²) >= 11 is 5.57. The highest BCUT2D eigenvalue weighted by molar-refractivity contribution is 6.29. The zero-order valence-electron chi connectivity index (χ0n) is 6.67. The van der Waals surface area contributed by atoms with Crippen LogP contribution in [0.1, 0.15) is 12.5 Å². The Morgan fingerprint density at radius 3 is 2.92 bits per heavy atom. The number of nitrogens with zero attached hydrogens (tertiary/aromatic N) is 1. The van der Waals surface area contributed by atoms with E-state index in [4.69, 9.17) is 21.7 Å². The first-order valence-corrected chi connectivity index (χ1v) is 3.95. The second kappa shape index (κ2) is 4.07. The van der Waals surface area contributed by atoms with Crippen molar-refractivity contribution in [3.05, 3.63) is 29.0 Å². The van der Waals surface area contributed by atoms with Gasteiger partial charge in [0.1, 0.15) is 5.15 Å². The van der Waals surface area contributed by atoms with Crippen molar-refractivity contribution in [2.24, 2.45) is 0 Å². The van der Waals surface area contributed by atoms with Crippen LogP contribution < -0.4 is 0 Å². The lowest BCUT2D eigenvalue weighted by Gasteiger charge is -2.03. The third-order valence-electron chi connectivity index (χ3n) is 1.28. The minimum absolute atomic E-state index is 0.127. The molecule has 64 valence electrons. The molecule has 0 aliphatic carbocycles. The first-order valence-electron chi connectivity index (χ1n) is 3.57. The van der Waals surface area contributed by atoms with Crippen LogP contribution in [0.4, 0.5) is 0 Å². The topological polar surface area (TPSA) is 46.0 Å². The van der Waals surface area contributed by atoms with Gasteiger partial charge >= 0.3 is 0 Å². The van der Waals surface area contributed by atoms with Crippen molar-refractivity contribution in [1.29, 1.82) is 5.41 Å². The van der Waals surface area contributed by atoms with Crippen LogP contribution in [0.25, 0.3) is 0 Å². The van der Waals surface area contributed by atoms with Gasteiger partial charge < -0.3 is 4.74 Å². The third-order valence-corrected chi connectivity index (χ3v) is 1.50. The SMILES string of the molecule is CCOC(=N)c1ccc(Cl)nc1. The smallest absolute Gasteiger partial charge is 0.214 e. The van der Waals surface area contributed by atoms with Gasteiger partial charge in [0, 0.05) is 6.20 Å². The number of halogens is 1. The second-order valence-electron chi connectivity index (χ2n) is 2.13. The molecular weight excluding hydrogens is 176 g/mol. The first kappa shape index (κ1) is 9.00. The van der Waals surface area contributed by atoms with E-state index in [2.05, 4.69) is 4.98 Å². The number of pyridine rings is 1. The molecule has 0 bridgehead atoms. The van der Waals surface area contributed by atoms with E-state index in [9.17, 15) is 0 Å². The molecule has 0 spiro atoms. The van der Waals surface area contributed by atoms with Gasteiger partial charge in [-0.3, -0.25) is 5.41 Å². The molecule has 0 saturated heterocycles. The zero-order chi connectivity index (χ0) is 8.97. The van der Waals surface area contributed by atoms with E-state index in [1.165, 1.54) is 6.20 Å². The quantitative estimate of drug-likeness (QED) is 0.435. The van der Waals surface area contributed by atoms with Gasteiger partial charge in [-0.1, -0.05) is 11.6 Å². The molecule has 1 aromatic heterocycles. The highest BCUT2D eigenvalue weighted by Gasteiger charge is 2.00. The standard InChI is InChI=1S/C8H9ClN2O/c1-2-12-8(10)6-3-4-7(9)11-5-6/h3-5,10H,2H2,1H3. The van der Waals surface area contributed by atoms with Gasteiger partial charge in [0.25, 0.3) is 0 Å². The Labute approximate surface area is 75.8 Å². The van der Waals surface area contributed by atoms with Crippen LogP contribution >= 0.6 is 11.6 Å². The Hall–Kier alpha value is -1.09. The average molecular weight is 185 g/mol. The van der Waals surface area contributed by atoms with Gasteiger partial charge in [0.15, 0.2) is 0 Å². The highest BCUT2D eigenvalue weighted by atomic mass is 35.5. The van der Waals surface area contributed by atoms with Crippen LogP contribution in [-0.4, -0.2) is 17.5 Å². The molecular formula is C8H9ClN2O. The monoisotopic (exact) mass is 184 g/mol. The van der Waals surface area contributed by atoms with Gasteiger partial charge in [0.05, 0.1) is 12.2 Å². The van der Waals surface area contributed by atoms with E-state index in [0.717, 1.165) is 0 Å².